The van der Waals surface area contributed by atoms with Gasteiger partial charge in [-0.1, -0.05) is 5.16 Å². The lowest BCUT2D eigenvalue weighted by Crippen LogP contribution is -2.40. The number of anilines is 1. The van der Waals surface area contributed by atoms with E-state index in [2.05, 4.69) is 22.7 Å². The van der Waals surface area contributed by atoms with Crippen molar-refractivity contribution in [3.05, 3.63) is 17.5 Å². The quantitative estimate of drug-likeness (QED) is 0.513. The molecule has 0 aromatic carbocycles. The molecule has 1 spiro atoms. The van der Waals surface area contributed by atoms with Crippen LogP contribution in [0, 0.1) is 18.8 Å². The number of nitrogens with one attached hydrogen (secondary N) is 2. The highest BCUT2D eigenvalue weighted by Gasteiger charge is 2.44. The molecular weight excluding hydrogens is 472 g/mol. The summed E-state index contributed by atoms with van der Waals surface area (Å²) >= 11 is 0. The molecule has 0 atom stereocenters. The molecular formula is C27H38N6O4. The first-order chi connectivity index (χ1) is 17.8. The molecule has 200 valence electrons. The van der Waals surface area contributed by atoms with E-state index in [4.69, 9.17) is 14.9 Å². The van der Waals surface area contributed by atoms with E-state index < -0.39 is 5.97 Å². The highest BCUT2D eigenvalue weighted by atomic mass is 16.7. The van der Waals surface area contributed by atoms with Gasteiger partial charge in [-0.15, -0.1) is 0 Å². The van der Waals surface area contributed by atoms with Gasteiger partial charge in [-0.05, 0) is 72.1 Å². The highest BCUT2D eigenvalue weighted by molar-refractivity contribution is 6.11. The molecule has 10 nitrogen and oxygen atoms in total. The molecule has 3 aliphatic rings. The van der Waals surface area contributed by atoms with E-state index in [9.17, 15) is 14.7 Å². The first-order valence-corrected chi connectivity index (χ1v) is 13.7. The number of oxime groups is 1. The Labute approximate surface area is 217 Å². The zero-order valence-corrected chi connectivity index (χ0v) is 22.0. The zero-order valence-electron chi connectivity index (χ0n) is 22.0. The van der Waals surface area contributed by atoms with Crippen molar-refractivity contribution in [2.45, 2.75) is 96.7 Å². The van der Waals surface area contributed by atoms with Gasteiger partial charge in [0, 0.05) is 43.2 Å². The number of carboxylic acids is 1. The predicted molar refractivity (Wildman–Crippen MR) is 141 cm³/mol. The number of hydrogen-bond donors (Lipinski definition) is 3. The monoisotopic (exact) mass is 510 g/mol. The van der Waals surface area contributed by atoms with Crippen molar-refractivity contribution < 1.29 is 19.5 Å². The van der Waals surface area contributed by atoms with Gasteiger partial charge in [0.15, 0.2) is 5.65 Å². The standard InChI is InChI=1S/C27H38N6O4/c1-4-28-25(34)17-10-12-27(13-11-17)14-21(32-37-27)20-15-29-24-22(16(3)31-33(24)5-2)23(20)30-19-8-6-18(7-9-19)26(35)36/h15,17-19H,4-14H2,1-3H3,(H,28,34)(H,29,30)(H,35,36). The van der Waals surface area contributed by atoms with Crippen LogP contribution >= 0.6 is 0 Å². The molecule has 3 N–H and O–H groups in total. The van der Waals surface area contributed by atoms with Crippen LogP contribution < -0.4 is 10.6 Å². The largest absolute Gasteiger partial charge is 0.481 e. The summed E-state index contributed by atoms with van der Waals surface area (Å²) in [5.41, 5.74) is 4.14. The Bertz CT molecular complexity index is 1210. The molecule has 0 bridgehead atoms. The number of aromatic nitrogens is 3. The molecule has 1 aliphatic heterocycles. The van der Waals surface area contributed by atoms with Crippen LogP contribution in [-0.2, 0) is 21.0 Å². The fraction of sp³-hybridized carbons (Fsp3) is 0.667. The summed E-state index contributed by atoms with van der Waals surface area (Å²) in [6, 6.07) is 0.175. The number of carbonyl (C=O) groups excluding carboxylic acids is 1. The van der Waals surface area contributed by atoms with Crippen LogP contribution in [0.4, 0.5) is 5.69 Å². The fourth-order valence-corrected chi connectivity index (χ4v) is 6.25. The maximum absolute atomic E-state index is 12.3. The molecule has 5 rings (SSSR count). The van der Waals surface area contributed by atoms with Crippen LogP contribution in [0.5, 0.6) is 0 Å². The van der Waals surface area contributed by atoms with E-state index in [-0.39, 0.29) is 29.4 Å². The Morgan fingerprint density at radius 1 is 1.14 bits per heavy atom. The van der Waals surface area contributed by atoms with E-state index >= 15 is 0 Å². The first-order valence-electron chi connectivity index (χ1n) is 13.7. The van der Waals surface area contributed by atoms with Gasteiger partial charge in [0.1, 0.15) is 5.60 Å². The third kappa shape index (κ3) is 4.90. The first kappa shape index (κ1) is 25.5. The van der Waals surface area contributed by atoms with Crippen molar-refractivity contribution in [3.63, 3.8) is 0 Å². The maximum atomic E-state index is 12.3. The van der Waals surface area contributed by atoms with Crippen molar-refractivity contribution in [1.82, 2.24) is 20.1 Å². The average Bonchev–Trinajstić information content (AvgIpc) is 3.46. The highest BCUT2D eigenvalue weighted by Crippen LogP contribution is 2.43. The number of carbonyl (C=O) groups is 2. The maximum Gasteiger partial charge on any atom is 0.306 e. The molecule has 0 saturated heterocycles. The minimum absolute atomic E-state index is 0.0388. The number of fused-ring (bicyclic) bond motifs is 1. The summed E-state index contributed by atoms with van der Waals surface area (Å²) in [5, 5.41) is 26.4. The van der Waals surface area contributed by atoms with Crippen molar-refractivity contribution >= 4 is 34.3 Å². The Morgan fingerprint density at radius 2 is 1.86 bits per heavy atom. The summed E-state index contributed by atoms with van der Waals surface area (Å²) in [6.07, 6.45) is 8.70. The van der Waals surface area contributed by atoms with Crippen molar-refractivity contribution in [3.8, 4) is 0 Å². The SMILES string of the molecule is CCNC(=O)C1CCC2(CC1)CC(c1cnc3c(c(C)nn3CC)c1NC1CCC(C(=O)O)CC1)=NO2. The molecule has 2 saturated carbocycles. The second-order valence-electron chi connectivity index (χ2n) is 10.8. The number of carboxylic acid groups (broad SMARTS) is 1. The van der Waals surface area contributed by atoms with Gasteiger partial charge in [0.2, 0.25) is 5.91 Å². The van der Waals surface area contributed by atoms with Crippen molar-refractivity contribution in [2.75, 3.05) is 11.9 Å². The Balaban J connectivity index is 1.40. The molecule has 3 heterocycles. The van der Waals surface area contributed by atoms with Crippen LogP contribution in [0.25, 0.3) is 11.0 Å². The number of nitrogens with zero attached hydrogens (tertiary/aromatic N) is 4. The molecule has 2 aromatic rings. The summed E-state index contributed by atoms with van der Waals surface area (Å²) in [6.45, 7) is 7.38. The summed E-state index contributed by atoms with van der Waals surface area (Å²) in [7, 11) is 0. The van der Waals surface area contributed by atoms with E-state index in [0.29, 0.717) is 25.8 Å². The summed E-state index contributed by atoms with van der Waals surface area (Å²) in [4.78, 5) is 34.7. The number of aryl methyl sites for hydroxylation is 2. The average molecular weight is 511 g/mol. The molecule has 10 heteroatoms. The molecule has 2 fully saturated rings. The smallest absolute Gasteiger partial charge is 0.306 e. The normalized spacial score (nSPS) is 27.6. The van der Waals surface area contributed by atoms with Crippen LogP contribution in [0.1, 0.15) is 82.9 Å². The lowest BCUT2D eigenvalue weighted by atomic mass is 9.75. The Morgan fingerprint density at radius 3 is 2.51 bits per heavy atom. The molecule has 0 radical (unpaired) electrons. The lowest BCUT2D eigenvalue weighted by Gasteiger charge is -2.34. The Hall–Kier alpha value is -3.17. The molecule has 2 aliphatic carbocycles. The molecule has 0 unspecified atom stereocenters. The molecule has 2 aromatic heterocycles. The van der Waals surface area contributed by atoms with Gasteiger partial charge in [-0.3, -0.25) is 9.59 Å². The van der Waals surface area contributed by atoms with Gasteiger partial charge in [0.25, 0.3) is 0 Å². The van der Waals surface area contributed by atoms with Crippen LogP contribution in [0.3, 0.4) is 0 Å². The Kier molecular flexibility index (Phi) is 7.09. The van der Waals surface area contributed by atoms with E-state index in [0.717, 1.165) is 78.8 Å². The molecule has 1 amide bonds. The van der Waals surface area contributed by atoms with Gasteiger partial charge in [-0.2, -0.15) is 5.10 Å². The predicted octanol–water partition coefficient (Wildman–Crippen LogP) is 4.00. The van der Waals surface area contributed by atoms with E-state index in [1.807, 2.05) is 24.7 Å². The van der Waals surface area contributed by atoms with Crippen molar-refractivity contribution in [2.24, 2.45) is 17.0 Å². The second-order valence-corrected chi connectivity index (χ2v) is 10.8. The van der Waals surface area contributed by atoms with Crippen LogP contribution in [0.15, 0.2) is 11.4 Å². The minimum Gasteiger partial charge on any atom is -0.481 e. The van der Waals surface area contributed by atoms with E-state index in [1.54, 1.807) is 0 Å². The van der Waals surface area contributed by atoms with Gasteiger partial charge < -0.3 is 20.6 Å². The van der Waals surface area contributed by atoms with Gasteiger partial charge in [0.05, 0.1) is 28.4 Å². The summed E-state index contributed by atoms with van der Waals surface area (Å²) in [5.74, 6) is -0.785. The minimum atomic E-state index is -0.699. The number of pyridine rings is 1. The van der Waals surface area contributed by atoms with Crippen LogP contribution in [0.2, 0.25) is 0 Å². The number of rotatable bonds is 7. The van der Waals surface area contributed by atoms with Gasteiger partial charge >= 0.3 is 5.97 Å². The van der Waals surface area contributed by atoms with Crippen molar-refractivity contribution in [1.29, 1.82) is 0 Å². The zero-order chi connectivity index (χ0) is 26.2. The molecule has 37 heavy (non-hydrogen) atoms. The third-order valence-electron chi connectivity index (χ3n) is 8.43. The number of hydrogen-bond acceptors (Lipinski definition) is 7. The third-order valence-corrected chi connectivity index (χ3v) is 8.43. The topological polar surface area (TPSA) is 131 Å². The fourth-order valence-electron chi connectivity index (χ4n) is 6.25. The van der Waals surface area contributed by atoms with E-state index in [1.165, 1.54) is 0 Å². The number of amides is 1. The summed E-state index contributed by atoms with van der Waals surface area (Å²) < 4.78 is 1.91. The lowest BCUT2D eigenvalue weighted by molar-refractivity contribution is -0.142. The second kappa shape index (κ2) is 10.3. The van der Waals surface area contributed by atoms with Crippen LogP contribution in [-0.4, -0.2) is 55.6 Å². The van der Waals surface area contributed by atoms with Gasteiger partial charge in [-0.25, -0.2) is 9.67 Å². The number of aliphatic carboxylic acids is 1.